The fourth-order valence-electron chi connectivity index (χ4n) is 2.97. The summed E-state index contributed by atoms with van der Waals surface area (Å²) in [6.07, 6.45) is 2.54. The van der Waals surface area contributed by atoms with Crippen LogP contribution in [0, 0.1) is 18.3 Å². The molecule has 1 atom stereocenters. The third-order valence-corrected chi connectivity index (χ3v) is 4.32. The van der Waals surface area contributed by atoms with Gasteiger partial charge >= 0.3 is 0 Å². The van der Waals surface area contributed by atoms with Gasteiger partial charge in [0.1, 0.15) is 6.07 Å². The van der Waals surface area contributed by atoms with Crippen LogP contribution in [0.15, 0.2) is 28.7 Å². The molecule has 2 heterocycles. The number of anilines is 1. The third kappa shape index (κ3) is 3.54. The van der Waals surface area contributed by atoms with E-state index in [2.05, 4.69) is 28.2 Å². The van der Waals surface area contributed by atoms with Crippen molar-refractivity contribution in [3.8, 4) is 17.5 Å². The molecule has 0 bridgehead atoms. The number of hydrogen-bond acceptors (Lipinski definition) is 5. The summed E-state index contributed by atoms with van der Waals surface area (Å²) in [4.78, 5) is 6.77. The number of nitrogens with zero attached hydrogens (tertiary/aromatic N) is 3. The SMILES string of the molecule is Cc1cccc(-c2nc(C#N)c(NCC(C)N3CCCC3)o2)c1. The molecule has 120 valence electrons. The maximum atomic E-state index is 9.29. The van der Waals surface area contributed by atoms with Gasteiger partial charge in [-0.25, -0.2) is 0 Å². The zero-order chi connectivity index (χ0) is 16.2. The highest BCUT2D eigenvalue weighted by atomic mass is 16.4. The number of nitrogens with one attached hydrogen (secondary N) is 1. The minimum atomic E-state index is 0.315. The first-order valence-corrected chi connectivity index (χ1v) is 8.13. The first kappa shape index (κ1) is 15.6. The molecule has 1 aliphatic heterocycles. The molecule has 1 aliphatic rings. The van der Waals surface area contributed by atoms with Gasteiger partial charge in [-0.2, -0.15) is 10.2 Å². The average Bonchev–Trinajstić information content (AvgIpc) is 3.22. The second-order valence-corrected chi connectivity index (χ2v) is 6.15. The van der Waals surface area contributed by atoms with E-state index in [1.165, 1.54) is 12.8 Å². The summed E-state index contributed by atoms with van der Waals surface area (Å²) in [5.74, 6) is 0.955. The van der Waals surface area contributed by atoms with Gasteiger partial charge in [0.2, 0.25) is 17.5 Å². The predicted molar refractivity (Wildman–Crippen MR) is 90.1 cm³/mol. The van der Waals surface area contributed by atoms with Gasteiger partial charge in [-0.15, -0.1) is 0 Å². The Morgan fingerprint density at radius 1 is 1.39 bits per heavy atom. The Morgan fingerprint density at radius 2 is 2.17 bits per heavy atom. The Balaban J connectivity index is 1.73. The molecule has 1 aromatic heterocycles. The largest absolute Gasteiger partial charge is 0.419 e. The van der Waals surface area contributed by atoms with Crippen LogP contribution in [-0.4, -0.2) is 35.6 Å². The van der Waals surface area contributed by atoms with E-state index in [1.54, 1.807) is 0 Å². The van der Waals surface area contributed by atoms with Crippen molar-refractivity contribution < 1.29 is 4.42 Å². The Bertz CT molecular complexity index is 710. The second kappa shape index (κ2) is 6.84. The van der Waals surface area contributed by atoms with Crippen LogP contribution in [0.5, 0.6) is 0 Å². The maximum absolute atomic E-state index is 9.29. The lowest BCUT2D eigenvalue weighted by atomic mass is 10.1. The molecule has 0 saturated carbocycles. The van der Waals surface area contributed by atoms with Gasteiger partial charge in [-0.1, -0.05) is 17.7 Å². The molecule has 1 N–H and O–H groups in total. The van der Waals surface area contributed by atoms with E-state index in [1.807, 2.05) is 31.2 Å². The van der Waals surface area contributed by atoms with Crippen LogP contribution in [0.2, 0.25) is 0 Å². The summed E-state index contributed by atoms with van der Waals surface area (Å²) < 4.78 is 5.80. The number of likely N-dealkylation sites (tertiary alicyclic amines) is 1. The summed E-state index contributed by atoms with van der Waals surface area (Å²) in [5.41, 5.74) is 2.34. The first-order valence-electron chi connectivity index (χ1n) is 8.13. The highest BCUT2D eigenvalue weighted by Crippen LogP contribution is 2.26. The van der Waals surface area contributed by atoms with Crippen molar-refractivity contribution in [3.63, 3.8) is 0 Å². The summed E-state index contributed by atoms with van der Waals surface area (Å²) in [6, 6.07) is 10.5. The monoisotopic (exact) mass is 310 g/mol. The van der Waals surface area contributed by atoms with E-state index in [0.717, 1.165) is 30.8 Å². The molecule has 5 heteroatoms. The summed E-state index contributed by atoms with van der Waals surface area (Å²) in [7, 11) is 0. The van der Waals surface area contributed by atoms with E-state index in [4.69, 9.17) is 4.42 Å². The number of rotatable bonds is 5. The van der Waals surface area contributed by atoms with Crippen LogP contribution in [0.1, 0.15) is 31.0 Å². The first-order chi connectivity index (χ1) is 11.2. The molecular weight excluding hydrogens is 288 g/mol. The molecule has 0 aliphatic carbocycles. The van der Waals surface area contributed by atoms with E-state index < -0.39 is 0 Å². The summed E-state index contributed by atoms with van der Waals surface area (Å²) in [5, 5.41) is 12.5. The molecular formula is C18H22N4O. The third-order valence-electron chi connectivity index (χ3n) is 4.32. The summed E-state index contributed by atoms with van der Waals surface area (Å²) in [6.45, 7) is 7.27. The van der Waals surface area contributed by atoms with Crippen molar-refractivity contribution in [2.45, 2.75) is 32.7 Å². The van der Waals surface area contributed by atoms with E-state index >= 15 is 0 Å². The van der Waals surface area contributed by atoms with Gasteiger partial charge in [0.25, 0.3) is 0 Å². The van der Waals surface area contributed by atoms with Crippen LogP contribution in [0.25, 0.3) is 11.5 Å². The van der Waals surface area contributed by atoms with Crippen molar-refractivity contribution in [2.24, 2.45) is 0 Å². The van der Waals surface area contributed by atoms with Crippen molar-refractivity contribution in [3.05, 3.63) is 35.5 Å². The molecule has 0 spiro atoms. The Labute approximate surface area is 136 Å². The molecule has 1 fully saturated rings. The topological polar surface area (TPSA) is 65.1 Å². The zero-order valence-corrected chi connectivity index (χ0v) is 13.7. The number of benzene rings is 1. The highest BCUT2D eigenvalue weighted by Gasteiger charge is 2.20. The number of nitriles is 1. The standard InChI is InChI=1S/C18H22N4O/c1-13-6-5-7-15(10-13)17-21-16(11-19)18(23-17)20-12-14(2)22-8-3-4-9-22/h5-7,10,14,20H,3-4,8-9,12H2,1-2H3. The van der Waals surface area contributed by atoms with E-state index in [-0.39, 0.29) is 0 Å². The molecule has 1 aromatic carbocycles. The van der Waals surface area contributed by atoms with Crippen molar-refractivity contribution in [1.82, 2.24) is 9.88 Å². The Morgan fingerprint density at radius 3 is 2.87 bits per heavy atom. The minimum Gasteiger partial charge on any atom is -0.419 e. The quantitative estimate of drug-likeness (QED) is 0.916. The second-order valence-electron chi connectivity index (χ2n) is 6.15. The highest BCUT2D eigenvalue weighted by molar-refractivity contribution is 5.59. The van der Waals surface area contributed by atoms with Gasteiger partial charge in [0.05, 0.1) is 0 Å². The Kier molecular flexibility index (Phi) is 4.63. The van der Waals surface area contributed by atoms with E-state index in [9.17, 15) is 5.26 Å². The fraction of sp³-hybridized carbons (Fsp3) is 0.444. The fourth-order valence-corrected chi connectivity index (χ4v) is 2.97. The van der Waals surface area contributed by atoms with Crippen LogP contribution in [0.3, 0.4) is 0 Å². The Hall–Kier alpha value is -2.32. The van der Waals surface area contributed by atoms with Crippen LogP contribution >= 0.6 is 0 Å². The van der Waals surface area contributed by atoms with Gasteiger partial charge in [-0.05, 0) is 51.9 Å². The molecule has 3 rings (SSSR count). The average molecular weight is 310 g/mol. The van der Waals surface area contributed by atoms with E-state index in [0.29, 0.717) is 23.5 Å². The van der Waals surface area contributed by atoms with Gasteiger partial charge < -0.3 is 9.73 Å². The molecule has 23 heavy (non-hydrogen) atoms. The number of aryl methyl sites for hydroxylation is 1. The number of oxazole rings is 1. The number of aromatic nitrogens is 1. The minimum absolute atomic E-state index is 0.315. The zero-order valence-electron chi connectivity index (χ0n) is 13.7. The molecule has 0 amide bonds. The molecule has 2 aromatic rings. The molecule has 1 saturated heterocycles. The molecule has 0 radical (unpaired) electrons. The lowest BCUT2D eigenvalue weighted by Gasteiger charge is -2.23. The van der Waals surface area contributed by atoms with Crippen molar-refractivity contribution in [1.29, 1.82) is 5.26 Å². The van der Waals surface area contributed by atoms with Crippen LogP contribution in [-0.2, 0) is 0 Å². The van der Waals surface area contributed by atoms with Crippen LogP contribution < -0.4 is 5.32 Å². The van der Waals surface area contributed by atoms with Gasteiger partial charge in [-0.3, -0.25) is 4.90 Å². The van der Waals surface area contributed by atoms with Gasteiger partial charge in [0.15, 0.2) is 0 Å². The molecule has 5 nitrogen and oxygen atoms in total. The van der Waals surface area contributed by atoms with Crippen molar-refractivity contribution in [2.75, 3.05) is 25.0 Å². The van der Waals surface area contributed by atoms with Crippen molar-refractivity contribution >= 4 is 5.88 Å². The van der Waals surface area contributed by atoms with Crippen LogP contribution in [0.4, 0.5) is 5.88 Å². The lowest BCUT2D eigenvalue weighted by molar-refractivity contribution is 0.268. The predicted octanol–water partition coefficient (Wildman–Crippen LogP) is 3.42. The normalized spacial score (nSPS) is 16.2. The number of hydrogen-bond donors (Lipinski definition) is 1. The molecule has 1 unspecified atom stereocenters. The lowest BCUT2D eigenvalue weighted by Crippen LogP contribution is -2.35. The maximum Gasteiger partial charge on any atom is 0.232 e. The van der Waals surface area contributed by atoms with Gasteiger partial charge in [0, 0.05) is 18.2 Å². The summed E-state index contributed by atoms with van der Waals surface area (Å²) >= 11 is 0. The smallest absolute Gasteiger partial charge is 0.232 e.